The fraction of sp³-hybridized carbons (Fsp3) is 0.375. The van der Waals surface area contributed by atoms with Crippen LogP contribution in [0.2, 0.25) is 5.02 Å². The zero-order valence-electron chi connectivity index (χ0n) is 17.3. The third-order valence-electron chi connectivity index (χ3n) is 6.16. The molecular formula is C24H25ClN4O2. The summed E-state index contributed by atoms with van der Waals surface area (Å²) in [4.78, 5) is 34.8. The maximum absolute atomic E-state index is 13.0. The zero-order chi connectivity index (χ0) is 21.4. The van der Waals surface area contributed by atoms with Crippen molar-refractivity contribution in [1.82, 2.24) is 14.5 Å². The lowest BCUT2D eigenvalue weighted by molar-refractivity contribution is -0.131. The lowest BCUT2D eigenvalue weighted by Gasteiger charge is -2.36. The SMILES string of the molecule is O=C(CCc1nc2ccccc2c(=O)n1C1CC1)N1CCN(c2cccc(Cl)c2)CC1. The molecule has 0 spiro atoms. The summed E-state index contributed by atoms with van der Waals surface area (Å²) in [6.07, 6.45) is 2.87. The number of aryl methyl sites for hydroxylation is 1. The molecule has 2 heterocycles. The van der Waals surface area contributed by atoms with Gasteiger partial charge in [-0.15, -0.1) is 0 Å². The lowest BCUT2D eigenvalue weighted by atomic mass is 10.2. The van der Waals surface area contributed by atoms with Crippen molar-refractivity contribution < 1.29 is 4.79 Å². The van der Waals surface area contributed by atoms with Crippen molar-refractivity contribution >= 4 is 34.1 Å². The van der Waals surface area contributed by atoms with Gasteiger partial charge in [0.25, 0.3) is 5.56 Å². The quantitative estimate of drug-likeness (QED) is 0.612. The molecule has 0 radical (unpaired) electrons. The van der Waals surface area contributed by atoms with Gasteiger partial charge in [-0.3, -0.25) is 14.2 Å². The molecule has 1 saturated heterocycles. The fourth-order valence-corrected chi connectivity index (χ4v) is 4.53. The number of hydrogen-bond donors (Lipinski definition) is 0. The minimum atomic E-state index is 0.0192. The molecule has 1 aliphatic heterocycles. The maximum atomic E-state index is 13.0. The van der Waals surface area contributed by atoms with Crippen molar-refractivity contribution in [3.8, 4) is 0 Å². The second kappa shape index (κ2) is 8.35. The van der Waals surface area contributed by atoms with Crippen molar-refractivity contribution in [3.05, 3.63) is 69.7 Å². The Balaban J connectivity index is 1.26. The summed E-state index contributed by atoms with van der Waals surface area (Å²) in [6.45, 7) is 2.94. The van der Waals surface area contributed by atoms with Gasteiger partial charge in [-0.2, -0.15) is 0 Å². The summed E-state index contributed by atoms with van der Waals surface area (Å²) in [5.74, 6) is 0.854. The first-order valence-corrected chi connectivity index (χ1v) is 11.3. The second-order valence-corrected chi connectivity index (χ2v) is 8.74. The zero-order valence-corrected chi connectivity index (χ0v) is 18.1. The number of aromatic nitrogens is 2. The molecule has 7 heteroatoms. The van der Waals surface area contributed by atoms with E-state index in [9.17, 15) is 9.59 Å². The molecule has 3 aromatic rings. The summed E-state index contributed by atoms with van der Waals surface area (Å²) in [5, 5.41) is 1.38. The molecule has 2 aromatic carbocycles. The number of fused-ring (bicyclic) bond motifs is 1. The predicted molar refractivity (Wildman–Crippen MR) is 123 cm³/mol. The van der Waals surface area contributed by atoms with E-state index in [-0.39, 0.29) is 17.5 Å². The molecule has 0 bridgehead atoms. The van der Waals surface area contributed by atoms with Gasteiger partial charge in [-0.1, -0.05) is 29.8 Å². The van der Waals surface area contributed by atoms with Gasteiger partial charge in [0.2, 0.25) is 5.91 Å². The monoisotopic (exact) mass is 436 g/mol. The summed E-state index contributed by atoms with van der Waals surface area (Å²) in [5.41, 5.74) is 1.82. The summed E-state index contributed by atoms with van der Waals surface area (Å²) < 4.78 is 1.83. The Hall–Kier alpha value is -2.86. The van der Waals surface area contributed by atoms with Gasteiger partial charge in [0.1, 0.15) is 5.82 Å². The molecule has 6 nitrogen and oxygen atoms in total. The highest BCUT2D eigenvalue weighted by Crippen LogP contribution is 2.35. The number of anilines is 1. The van der Waals surface area contributed by atoms with Gasteiger partial charge in [-0.05, 0) is 43.2 Å². The highest BCUT2D eigenvalue weighted by atomic mass is 35.5. The van der Waals surface area contributed by atoms with Crippen LogP contribution in [0.25, 0.3) is 10.9 Å². The first-order valence-electron chi connectivity index (χ1n) is 10.9. The molecule has 0 atom stereocenters. The van der Waals surface area contributed by atoms with E-state index < -0.39 is 0 Å². The molecule has 0 N–H and O–H groups in total. The molecule has 1 aromatic heterocycles. The second-order valence-electron chi connectivity index (χ2n) is 8.30. The highest BCUT2D eigenvalue weighted by Gasteiger charge is 2.29. The number of piperazine rings is 1. The van der Waals surface area contributed by atoms with Crippen LogP contribution in [0, 0.1) is 0 Å². The predicted octanol–water partition coefficient (Wildman–Crippen LogP) is 3.67. The summed E-state index contributed by atoms with van der Waals surface area (Å²) in [7, 11) is 0. The molecule has 1 aliphatic carbocycles. The van der Waals surface area contributed by atoms with Crippen LogP contribution >= 0.6 is 11.6 Å². The van der Waals surface area contributed by atoms with E-state index in [0.29, 0.717) is 36.8 Å². The van der Waals surface area contributed by atoms with Crippen molar-refractivity contribution in [2.45, 2.75) is 31.7 Å². The van der Waals surface area contributed by atoms with Gasteiger partial charge in [0.15, 0.2) is 0 Å². The standard InChI is InChI=1S/C24H25ClN4O2/c25-17-4-3-5-19(16-17)27-12-14-28(15-13-27)23(30)11-10-22-26-21-7-2-1-6-20(21)24(31)29(22)18-8-9-18/h1-7,16,18H,8-15H2. The molecule has 1 saturated carbocycles. The van der Waals surface area contributed by atoms with Crippen molar-refractivity contribution in [2.24, 2.45) is 0 Å². The van der Waals surface area contributed by atoms with E-state index in [0.717, 1.165) is 42.5 Å². The van der Waals surface area contributed by atoms with E-state index in [1.807, 2.05) is 58.0 Å². The topological polar surface area (TPSA) is 58.4 Å². The van der Waals surface area contributed by atoms with Gasteiger partial charge in [0, 0.05) is 55.8 Å². The van der Waals surface area contributed by atoms with Gasteiger partial charge < -0.3 is 9.80 Å². The fourth-order valence-electron chi connectivity index (χ4n) is 4.34. The van der Waals surface area contributed by atoms with E-state index in [2.05, 4.69) is 4.90 Å². The third-order valence-corrected chi connectivity index (χ3v) is 6.40. The number of benzene rings is 2. The van der Waals surface area contributed by atoms with Crippen LogP contribution in [0.1, 0.15) is 31.1 Å². The van der Waals surface area contributed by atoms with Crippen LogP contribution in [-0.4, -0.2) is 46.5 Å². The molecule has 5 rings (SSSR count). The van der Waals surface area contributed by atoms with Crippen molar-refractivity contribution in [2.75, 3.05) is 31.1 Å². The average Bonchev–Trinajstić information content (AvgIpc) is 3.63. The maximum Gasteiger partial charge on any atom is 0.261 e. The molecular weight excluding hydrogens is 412 g/mol. The normalized spacial score (nSPS) is 16.7. The van der Waals surface area contributed by atoms with Crippen LogP contribution < -0.4 is 10.5 Å². The minimum absolute atomic E-state index is 0.0192. The molecule has 31 heavy (non-hydrogen) atoms. The van der Waals surface area contributed by atoms with E-state index in [4.69, 9.17) is 16.6 Å². The average molecular weight is 437 g/mol. The number of halogens is 1. The number of carbonyl (C=O) groups excluding carboxylic acids is 1. The van der Waals surface area contributed by atoms with Crippen LogP contribution in [0.15, 0.2) is 53.3 Å². The summed E-state index contributed by atoms with van der Waals surface area (Å²) >= 11 is 6.11. The number of rotatable bonds is 5. The smallest absolute Gasteiger partial charge is 0.261 e. The van der Waals surface area contributed by atoms with Crippen LogP contribution in [0.3, 0.4) is 0 Å². The molecule has 0 unspecified atom stereocenters. The number of para-hydroxylation sites is 1. The lowest BCUT2D eigenvalue weighted by Crippen LogP contribution is -2.48. The third kappa shape index (κ3) is 4.17. The van der Waals surface area contributed by atoms with Gasteiger partial charge in [0.05, 0.1) is 10.9 Å². The van der Waals surface area contributed by atoms with Crippen LogP contribution in [0.5, 0.6) is 0 Å². The van der Waals surface area contributed by atoms with Crippen LogP contribution in [-0.2, 0) is 11.2 Å². The van der Waals surface area contributed by atoms with Gasteiger partial charge >= 0.3 is 0 Å². The van der Waals surface area contributed by atoms with Crippen molar-refractivity contribution in [1.29, 1.82) is 0 Å². The molecule has 160 valence electrons. The molecule has 1 amide bonds. The molecule has 2 aliphatic rings. The van der Waals surface area contributed by atoms with E-state index in [1.165, 1.54) is 0 Å². The van der Waals surface area contributed by atoms with E-state index >= 15 is 0 Å². The number of nitrogens with zero attached hydrogens (tertiary/aromatic N) is 4. The Labute approximate surface area is 186 Å². The highest BCUT2D eigenvalue weighted by molar-refractivity contribution is 6.30. The largest absolute Gasteiger partial charge is 0.368 e. The van der Waals surface area contributed by atoms with Crippen LogP contribution in [0.4, 0.5) is 5.69 Å². The van der Waals surface area contributed by atoms with Crippen molar-refractivity contribution in [3.63, 3.8) is 0 Å². The van der Waals surface area contributed by atoms with Gasteiger partial charge in [-0.25, -0.2) is 4.98 Å². The molecule has 2 fully saturated rings. The Bertz CT molecular complexity index is 1180. The first kappa shape index (κ1) is 20.1. The number of amides is 1. The number of carbonyl (C=O) groups is 1. The first-order chi connectivity index (χ1) is 15.1. The summed E-state index contributed by atoms with van der Waals surface area (Å²) in [6, 6.07) is 15.5. The number of hydrogen-bond acceptors (Lipinski definition) is 4. The Kier molecular flexibility index (Phi) is 5.40. The van der Waals surface area contributed by atoms with E-state index in [1.54, 1.807) is 0 Å². The Morgan fingerprint density at radius 2 is 1.81 bits per heavy atom. The Morgan fingerprint density at radius 1 is 1.03 bits per heavy atom. The Morgan fingerprint density at radius 3 is 2.55 bits per heavy atom. The minimum Gasteiger partial charge on any atom is -0.368 e.